The van der Waals surface area contributed by atoms with Crippen molar-refractivity contribution in [3.05, 3.63) is 120 Å². The minimum Gasteiger partial charge on any atom is -0.209 e. The molecule has 0 aliphatic rings. The lowest BCUT2D eigenvalue weighted by molar-refractivity contribution is 0.895. The third-order valence-electron chi connectivity index (χ3n) is 5.78. The second-order valence-electron chi connectivity index (χ2n) is 7.95. The molecule has 6 aromatic rings. The zero-order chi connectivity index (χ0) is 22.9. The van der Waals surface area contributed by atoms with Crippen LogP contribution < -0.4 is 0 Å². The molecule has 0 fully saturated rings. The smallest absolute Gasteiger partial charge is 0.209 e. The normalized spacial score (nSPS) is 11.1. The summed E-state index contributed by atoms with van der Waals surface area (Å²) in [6, 6.07) is 39.0. The summed E-state index contributed by atoms with van der Waals surface area (Å²) in [4.78, 5) is 9.80. The molecule has 6 rings (SSSR count). The Labute approximate surface area is 205 Å². The van der Waals surface area contributed by atoms with Gasteiger partial charge in [-0.05, 0) is 27.1 Å². The summed E-state index contributed by atoms with van der Waals surface area (Å²) in [5.74, 6) is 0.549. The van der Waals surface area contributed by atoms with Crippen molar-refractivity contribution in [2.45, 2.75) is 0 Å². The van der Waals surface area contributed by atoms with Crippen molar-refractivity contribution in [3.63, 3.8) is 0 Å². The summed E-state index contributed by atoms with van der Waals surface area (Å²) in [6.45, 7) is 0. The Morgan fingerprint density at radius 2 is 0.853 bits per heavy atom. The van der Waals surface area contributed by atoms with Gasteiger partial charge in [-0.25, -0.2) is 9.97 Å². The fraction of sp³-hybridized carbons (Fsp3) is 0. The molecule has 0 spiro atoms. The van der Waals surface area contributed by atoms with Crippen molar-refractivity contribution in [1.29, 1.82) is 0 Å². The first-order valence-electron chi connectivity index (χ1n) is 11.0. The van der Waals surface area contributed by atoms with Gasteiger partial charge in [0.25, 0.3) is 5.78 Å². The Balaban J connectivity index is 1.50. The molecule has 0 aliphatic carbocycles. The van der Waals surface area contributed by atoms with E-state index in [-0.39, 0.29) is 0 Å². The van der Waals surface area contributed by atoms with E-state index in [0.717, 1.165) is 38.4 Å². The van der Waals surface area contributed by atoms with Crippen molar-refractivity contribution < 1.29 is 0 Å². The number of aromatic nitrogens is 4. The summed E-state index contributed by atoms with van der Waals surface area (Å²) < 4.78 is 2.55. The van der Waals surface area contributed by atoms with Crippen LogP contribution in [0.2, 0.25) is 0 Å². The number of benzene rings is 4. The number of imidazole rings is 1. The zero-order valence-electron chi connectivity index (χ0n) is 18.1. The molecular formula is C29H19BrN4. The van der Waals surface area contributed by atoms with E-state index in [1.165, 1.54) is 11.1 Å². The van der Waals surface area contributed by atoms with Gasteiger partial charge in [-0.15, -0.1) is 0 Å². The molecule has 0 aliphatic heterocycles. The highest BCUT2D eigenvalue weighted by molar-refractivity contribution is 9.10. The summed E-state index contributed by atoms with van der Waals surface area (Å²) in [5.41, 5.74) is 7.79. The molecule has 2 aromatic heterocycles. The van der Waals surface area contributed by atoms with Gasteiger partial charge in [0.05, 0.1) is 0 Å². The number of halogens is 1. The number of hydrogen-bond donors (Lipinski definition) is 0. The Kier molecular flexibility index (Phi) is 5.24. The second kappa shape index (κ2) is 8.69. The first kappa shape index (κ1) is 20.5. The first-order chi connectivity index (χ1) is 16.8. The topological polar surface area (TPSA) is 43.1 Å². The lowest BCUT2D eigenvalue weighted by Gasteiger charge is -2.09. The first-order valence-corrected chi connectivity index (χ1v) is 11.8. The SMILES string of the molecule is Brc1c(-c2ccc(-c3ccccc3)cc2)nc2nc(-c3ccccc3)c(-c3ccccc3)nn12. The molecule has 0 atom stereocenters. The highest BCUT2D eigenvalue weighted by Gasteiger charge is 2.19. The summed E-state index contributed by atoms with van der Waals surface area (Å²) in [5, 5.41) is 4.98. The predicted molar refractivity (Wildman–Crippen MR) is 140 cm³/mol. The van der Waals surface area contributed by atoms with Crippen LogP contribution >= 0.6 is 15.9 Å². The van der Waals surface area contributed by atoms with Crippen LogP contribution in [-0.2, 0) is 0 Å². The van der Waals surface area contributed by atoms with Gasteiger partial charge in [0.15, 0.2) is 0 Å². The highest BCUT2D eigenvalue weighted by Crippen LogP contribution is 2.33. The molecule has 4 aromatic carbocycles. The van der Waals surface area contributed by atoms with Crippen molar-refractivity contribution >= 4 is 21.7 Å². The summed E-state index contributed by atoms with van der Waals surface area (Å²) in [7, 11) is 0. The molecule has 0 unspecified atom stereocenters. The van der Waals surface area contributed by atoms with Gasteiger partial charge in [0, 0.05) is 16.7 Å². The Hall–Kier alpha value is -4.09. The van der Waals surface area contributed by atoms with Crippen LogP contribution in [0.5, 0.6) is 0 Å². The van der Waals surface area contributed by atoms with Gasteiger partial charge in [0.2, 0.25) is 0 Å². The van der Waals surface area contributed by atoms with Crippen LogP contribution in [0.4, 0.5) is 0 Å². The maximum absolute atomic E-state index is 4.98. The maximum atomic E-state index is 4.98. The average Bonchev–Trinajstić information content (AvgIpc) is 3.25. The van der Waals surface area contributed by atoms with E-state index in [1.807, 2.05) is 66.7 Å². The molecule has 0 N–H and O–H groups in total. The van der Waals surface area contributed by atoms with Gasteiger partial charge >= 0.3 is 0 Å². The quantitative estimate of drug-likeness (QED) is 0.249. The van der Waals surface area contributed by atoms with E-state index in [9.17, 15) is 0 Å². The van der Waals surface area contributed by atoms with Gasteiger partial charge in [0.1, 0.15) is 21.7 Å². The standard InChI is InChI=1S/C29H19BrN4/c30-28-27(24-18-16-21(17-19-24)20-10-4-1-5-11-20)32-29-31-25(22-12-6-2-7-13-22)26(33-34(28)29)23-14-8-3-9-15-23/h1-19H. The fourth-order valence-corrected chi connectivity index (χ4v) is 4.62. The van der Waals surface area contributed by atoms with Crippen molar-refractivity contribution in [2.75, 3.05) is 0 Å². The molecule has 2 heterocycles. The monoisotopic (exact) mass is 502 g/mol. The largest absolute Gasteiger partial charge is 0.253 e. The molecule has 5 heteroatoms. The van der Waals surface area contributed by atoms with Crippen molar-refractivity contribution in [2.24, 2.45) is 0 Å². The fourth-order valence-electron chi connectivity index (χ4n) is 4.07. The maximum Gasteiger partial charge on any atom is 0.253 e. The van der Waals surface area contributed by atoms with Crippen molar-refractivity contribution in [3.8, 4) is 44.9 Å². The van der Waals surface area contributed by atoms with Gasteiger partial charge in [-0.3, -0.25) is 0 Å². The van der Waals surface area contributed by atoms with Crippen LogP contribution in [0.15, 0.2) is 120 Å². The Morgan fingerprint density at radius 1 is 0.441 bits per heavy atom. The van der Waals surface area contributed by atoms with Crippen LogP contribution in [0, 0.1) is 0 Å². The third-order valence-corrected chi connectivity index (χ3v) is 6.49. The minimum atomic E-state index is 0.549. The van der Waals surface area contributed by atoms with Crippen LogP contribution in [-0.4, -0.2) is 19.6 Å². The number of nitrogens with zero attached hydrogens (tertiary/aromatic N) is 4. The molecule has 4 nitrogen and oxygen atoms in total. The van der Waals surface area contributed by atoms with E-state index >= 15 is 0 Å². The van der Waals surface area contributed by atoms with Gasteiger partial charge in [-0.1, -0.05) is 115 Å². The lowest BCUT2D eigenvalue weighted by atomic mass is 10.0. The molecule has 0 bridgehead atoms. The van der Waals surface area contributed by atoms with E-state index in [2.05, 4.69) is 64.5 Å². The van der Waals surface area contributed by atoms with Crippen LogP contribution in [0.1, 0.15) is 0 Å². The summed E-state index contributed by atoms with van der Waals surface area (Å²) in [6.07, 6.45) is 0. The number of hydrogen-bond acceptors (Lipinski definition) is 3. The molecule has 34 heavy (non-hydrogen) atoms. The molecule has 0 saturated carbocycles. The Bertz CT molecular complexity index is 1580. The van der Waals surface area contributed by atoms with Gasteiger partial charge in [-0.2, -0.15) is 9.61 Å². The van der Waals surface area contributed by atoms with E-state index in [1.54, 1.807) is 4.52 Å². The number of rotatable bonds is 4. The molecule has 0 radical (unpaired) electrons. The highest BCUT2D eigenvalue weighted by atomic mass is 79.9. The van der Waals surface area contributed by atoms with Crippen molar-refractivity contribution in [1.82, 2.24) is 19.6 Å². The lowest BCUT2D eigenvalue weighted by Crippen LogP contribution is -2.01. The third kappa shape index (κ3) is 3.70. The number of fused-ring (bicyclic) bond motifs is 1. The van der Waals surface area contributed by atoms with Gasteiger partial charge < -0.3 is 0 Å². The van der Waals surface area contributed by atoms with Crippen LogP contribution in [0.3, 0.4) is 0 Å². The van der Waals surface area contributed by atoms with Crippen LogP contribution in [0.25, 0.3) is 50.7 Å². The minimum absolute atomic E-state index is 0.549. The van der Waals surface area contributed by atoms with E-state index in [0.29, 0.717) is 5.78 Å². The second-order valence-corrected chi connectivity index (χ2v) is 8.70. The Morgan fingerprint density at radius 3 is 1.44 bits per heavy atom. The predicted octanol–water partition coefficient (Wildman–Crippen LogP) is 7.55. The molecule has 0 saturated heterocycles. The molecular weight excluding hydrogens is 484 g/mol. The molecule has 162 valence electrons. The van der Waals surface area contributed by atoms with E-state index in [4.69, 9.17) is 15.1 Å². The zero-order valence-corrected chi connectivity index (χ0v) is 19.7. The van der Waals surface area contributed by atoms with E-state index < -0.39 is 0 Å². The summed E-state index contributed by atoms with van der Waals surface area (Å²) >= 11 is 3.74. The average molecular weight is 503 g/mol. The molecule has 0 amide bonds.